The molecular formula is C16H27NO2. The van der Waals surface area contributed by atoms with Gasteiger partial charge in [-0.05, 0) is 60.9 Å². The standard InChI is InChI=1S/C16H27NO2/c1-4-13(8-12(10-17)11-18)16-7-6-15(19-3)9-14(16)5-2/h6-7,9,12-13,18H,4-5,8,10-11,17H2,1-3H3. The molecule has 0 saturated carbocycles. The highest BCUT2D eigenvalue weighted by molar-refractivity contribution is 5.37. The fourth-order valence-electron chi connectivity index (χ4n) is 2.57. The highest BCUT2D eigenvalue weighted by atomic mass is 16.5. The highest BCUT2D eigenvalue weighted by Gasteiger charge is 2.18. The quantitative estimate of drug-likeness (QED) is 0.760. The van der Waals surface area contributed by atoms with Crippen molar-refractivity contribution >= 4 is 0 Å². The van der Waals surface area contributed by atoms with Crippen molar-refractivity contribution in [2.75, 3.05) is 20.3 Å². The normalized spacial score (nSPS) is 14.2. The predicted octanol–water partition coefficient (Wildman–Crippen LogP) is 2.71. The summed E-state index contributed by atoms with van der Waals surface area (Å²) in [5, 5.41) is 9.33. The van der Waals surface area contributed by atoms with Gasteiger partial charge >= 0.3 is 0 Å². The molecule has 0 aliphatic carbocycles. The Morgan fingerprint density at radius 1 is 1.32 bits per heavy atom. The Hall–Kier alpha value is -1.06. The number of methoxy groups -OCH3 is 1. The van der Waals surface area contributed by atoms with Crippen LogP contribution < -0.4 is 10.5 Å². The first-order valence-corrected chi connectivity index (χ1v) is 7.17. The minimum atomic E-state index is 0.171. The molecule has 3 heteroatoms. The molecule has 0 radical (unpaired) electrons. The van der Waals surface area contributed by atoms with Crippen LogP contribution in [0.15, 0.2) is 18.2 Å². The van der Waals surface area contributed by atoms with Crippen LogP contribution >= 0.6 is 0 Å². The van der Waals surface area contributed by atoms with E-state index in [4.69, 9.17) is 10.5 Å². The van der Waals surface area contributed by atoms with E-state index in [-0.39, 0.29) is 12.5 Å². The molecule has 0 spiro atoms. The first-order chi connectivity index (χ1) is 9.19. The van der Waals surface area contributed by atoms with E-state index in [2.05, 4.69) is 26.0 Å². The smallest absolute Gasteiger partial charge is 0.119 e. The summed E-state index contributed by atoms with van der Waals surface area (Å²) in [6, 6.07) is 6.30. The van der Waals surface area contributed by atoms with Gasteiger partial charge in [0.05, 0.1) is 7.11 Å². The van der Waals surface area contributed by atoms with Crippen LogP contribution in [-0.4, -0.2) is 25.4 Å². The second kappa shape index (κ2) is 8.18. The summed E-state index contributed by atoms with van der Waals surface area (Å²) >= 11 is 0. The molecule has 0 aliphatic rings. The largest absolute Gasteiger partial charge is 0.497 e. The molecule has 1 rings (SSSR count). The van der Waals surface area contributed by atoms with Gasteiger partial charge in [-0.2, -0.15) is 0 Å². The molecular weight excluding hydrogens is 238 g/mol. The highest BCUT2D eigenvalue weighted by Crippen LogP contribution is 2.31. The van der Waals surface area contributed by atoms with Crippen LogP contribution in [0.3, 0.4) is 0 Å². The minimum Gasteiger partial charge on any atom is -0.497 e. The molecule has 2 atom stereocenters. The Labute approximate surface area is 116 Å². The maximum atomic E-state index is 9.33. The number of rotatable bonds is 8. The van der Waals surface area contributed by atoms with Gasteiger partial charge in [-0.15, -0.1) is 0 Å². The van der Waals surface area contributed by atoms with Crippen LogP contribution in [0.4, 0.5) is 0 Å². The Bertz CT molecular complexity index is 375. The number of nitrogens with two attached hydrogens (primary N) is 1. The molecule has 1 aromatic rings. The zero-order valence-electron chi connectivity index (χ0n) is 12.4. The van der Waals surface area contributed by atoms with Crippen molar-refractivity contribution in [3.05, 3.63) is 29.3 Å². The van der Waals surface area contributed by atoms with E-state index in [1.165, 1.54) is 11.1 Å². The van der Waals surface area contributed by atoms with E-state index in [1.807, 2.05) is 6.07 Å². The Balaban J connectivity index is 2.96. The zero-order valence-corrected chi connectivity index (χ0v) is 12.4. The molecule has 0 fully saturated rings. The van der Waals surface area contributed by atoms with Crippen molar-refractivity contribution < 1.29 is 9.84 Å². The number of hydrogen-bond donors (Lipinski definition) is 2. The first kappa shape index (κ1) is 16.0. The van der Waals surface area contributed by atoms with E-state index in [0.717, 1.165) is 25.0 Å². The van der Waals surface area contributed by atoms with E-state index >= 15 is 0 Å². The van der Waals surface area contributed by atoms with Crippen LogP contribution in [0.5, 0.6) is 5.75 Å². The molecule has 0 amide bonds. The van der Waals surface area contributed by atoms with Gasteiger partial charge in [-0.3, -0.25) is 0 Å². The maximum Gasteiger partial charge on any atom is 0.119 e. The number of aliphatic hydroxyl groups is 1. The average molecular weight is 265 g/mol. The van der Waals surface area contributed by atoms with E-state index in [0.29, 0.717) is 12.5 Å². The van der Waals surface area contributed by atoms with Gasteiger partial charge in [0, 0.05) is 6.61 Å². The van der Waals surface area contributed by atoms with Crippen molar-refractivity contribution in [3.8, 4) is 5.75 Å². The number of ether oxygens (including phenoxy) is 1. The van der Waals surface area contributed by atoms with Gasteiger partial charge in [0.2, 0.25) is 0 Å². The molecule has 0 bridgehead atoms. The Morgan fingerprint density at radius 3 is 2.53 bits per heavy atom. The Morgan fingerprint density at radius 2 is 2.05 bits per heavy atom. The van der Waals surface area contributed by atoms with Gasteiger partial charge in [0.25, 0.3) is 0 Å². The van der Waals surface area contributed by atoms with Crippen LogP contribution in [0, 0.1) is 5.92 Å². The summed E-state index contributed by atoms with van der Waals surface area (Å²) < 4.78 is 5.29. The minimum absolute atomic E-state index is 0.171. The fraction of sp³-hybridized carbons (Fsp3) is 0.625. The van der Waals surface area contributed by atoms with E-state index in [9.17, 15) is 5.11 Å². The van der Waals surface area contributed by atoms with Crippen LogP contribution in [-0.2, 0) is 6.42 Å². The molecule has 3 nitrogen and oxygen atoms in total. The lowest BCUT2D eigenvalue weighted by molar-refractivity contribution is 0.214. The van der Waals surface area contributed by atoms with Gasteiger partial charge in [0.1, 0.15) is 5.75 Å². The third-order valence-electron chi connectivity index (χ3n) is 3.87. The molecule has 1 aromatic carbocycles. The number of aliphatic hydroxyl groups excluding tert-OH is 1. The third-order valence-corrected chi connectivity index (χ3v) is 3.87. The summed E-state index contributed by atoms with van der Waals surface area (Å²) in [5.41, 5.74) is 8.41. The van der Waals surface area contributed by atoms with Gasteiger partial charge in [0.15, 0.2) is 0 Å². The molecule has 108 valence electrons. The molecule has 2 unspecified atom stereocenters. The van der Waals surface area contributed by atoms with Crippen molar-refractivity contribution in [1.82, 2.24) is 0 Å². The average Bonchev–Trinajstić information content (AvgIpc) is 2.48. The lowest BCUT2D eigenvalue weighted by atomic mass is 9.84. The topological polar surface area (TPSA) is 55.5 Å². The zero-order chi connectivity index (χ0) is 14.3. The predicted molar refractivity (Wildman–Crippen MR) is 79.7 cm³/mol. The number of benzene rings is 1. The monoisotopic (exact) mass is 265 g/mol. The summed E-state index contributed by atoms with van der Waals surface area (Å²) in [6.07, 6.45) is 3.01. The van der Waals surface area contributed by atoms with E-state index in [1.54, 1.807) is 7.11 Å². The van der Waals surface area contributed by atoms with Crippen molar-refractivity contribution in [2.24, 2.45) is 11.7 Å². The summed E-state index contributed by atoms with van der Waals surface area (Å²) in [7, 11) is 1.70. The Kier molecular flexibility index (Phi) is 6.89. The lowest BCUT2D eigenvalue weighted by Gasteiger charge is -2.23. The molecule has 0 aliphatic heterocycles. The molecule has 0 heterocycles. The van der Waals surface area contributed by atoms with Gasteiger partial charge in [-0.25, -0.2) is 0 Å². The van der Waals surface area contributed by atoms with Crippen LogP contribution in [0.25, 0.3) is 0 Å². The maximum absolute atomic E-state index is 9.33. The molecule has 19 heavy (non-hydrogen) atoms. The van der Waals surface area contributed by atoms with Crippen molar-refractivity contribution in [3.63, 3.8) is 0 Å². The number of aryl methyl sites for hydroxylation is 1. The second-order valence-corrected chi connectivity index (χ2v) is 5.04. The van der Waals surface area contributed by atoms with Crippen LogP contribution in [0.1, 0.15) is 43.7 Å². The SMILES string of the molecule is CCc1cc(OC)ccc1C(CC)CC(CN)CO. The summed E-state index contributed by atoms with van der Waals surface area (Å²) in [4.78, 5) is 0. The third kappa shape index (κ3) is 4.22. The summed E-state index contributed by atoms with van der Waals surface area (Å²) in [6.45, 7) is 5.08. The van der Waals surface area contributed by atoms with E-state index < -0.39 is 0 Å². The lowest BCUT2D eigenvalue weighted by Crippen LogP contribution is -2.21. The van der Waals surface area contributed by atoms with Crippen molar-refractivity contribution in [2.45, 2.75) is 39.0 Å². The summed E-state index contributed by atoms with van der Waals surface area (Å²) in [5.74, 6) is 1.56. The number of hydrogen-bond acceptors (Lipinski definition) is 3. The molecule has 0 aromatic heterocycles. The van der Waals surface area contributed by atoms with Gasteiger partial charge in [-0.1, -0.05) is 19.9 Å². The first-order valence-electron chi connectivity index (χ1n) is 7.17. The fourth-order valence-corrected chi connectivity index (χ4v) is 2.57. The van der Waals surface area contributed by atoms with Crippen LogP contribution in [0.2, 0.25) is 0 Å². The molecule has 3 N–H and O–H groups in total. The second-order valence-electron chi connectivity index (χ2n) is 5.04. The van der Waals surface area contributed by atoms with Crippen molar-refractivity contribution in [1.29, 1.82) is 0 Å². The molecule has 0 saturated heterocycles. The van der Waals surface area contributed by atoms with Gasteiger partial charge < -0.3 is 15.6 Å².